The van der Waals surface area contributed by atoms with E-state index in [4.69, 9.17) is 4.84 Å². The van der Waals surface area contributed by atoms with Gasteiger partial charge in [-0.15, -0.1) is 0 Å². The Hall–Kier alpha value is -2.93. The Kier molecular flexibility index (Phi) is 3.92. The molecule has 2 aromatic carbocycles. The minimum atomic E-state index is -0.978. The van der Waals surface area contributed by atoms with Gasteiger partial charge >= 0.3 is 0 Å². The van der Waals surface area contributed by atoms with E-state index in [0.29, 0.717) is 12.8 Å². The Bertz CT molecular complexity index is 899. The molecule has 2 saturated heterocycles. The fourth-order valence-corrected chi connectivity index (χ4v) is 4.09. The van der Waals surface area contributed by atoms with Crippen molar-refractivity contribution in [3.05, 3.63) is 70.3 Å². The number of nitro groups is 1. The normalized spacial score (nSPS) is 26.4. The number of para-hydroxylation sites is 1. The molecule has 2 aliphatic heterocycles. The van der Waals surface area contributed by atoms with Crippen LogP contribution in [0.5, 0.6) is 0 Å². The van der Waals surface area contributed by atoms with E-state index in [1.807, 2.05) is 50.2 Å². The molecule has 0 aromatic heterocycles. The van der Waals surface area contributed by atoms with E-state index in [0.717, 1.165) is 11.3 Å². The number of hydrogen-bond donors (Lipinski definition) is 1. The summed E-state index contributed by atoms with van der Waals surface area (Å²) in [6.07, 6.45) is 0.964. The third-order valence-electron chi connectivity index (χ3n) is 5.15. The van der Waals surface area contributed by atoms with Crippen molar-refractivity contribution in [3.8, 4) is 0 Å². The van der Waals surface area contributed by atoms with Crippen molar-refractivity contribution in [1.29, 1.82) is 0 Å². The van der Waals surface area contributed by atoms with Crippen LogP contribution in [-0.2, 0) is 9.63 Å². The Morgan fingerprint density at radius 2 is 1.93 bits per heavy atom. The molecule has 2 atom stereocenters. The summed E-state index contributed by atoms with van der Waals surface area (Å²) < 4.78 is 0. The summed E-state index contributed by atoms with van der Waals surface area (Å²) in [6.45, 7) is 3.94. The molecule has 140 valence electrons. The number of nitrogens with zero attached hydrogens (tertiary/aromatic N) is 2. The second kappa shape index (κ2) is 6.06. The monoisotopic (exact) mass is 367 g/mol. The molecule has 27 heavy (non-hydrogen) atoms. The molecule has 0 saturated carbocycles. The lowest BCUT2D eigenvalue weighted by atomic mass is 9.86. The molecule has 0 aliphatic carbocycles. The van der Waals surface area contributed by atoms with Gasteiger partial charge in [0.05, 0.1) is 16.7 Å². The predicted molar refractivity (Wildman–Crippen MR) is 100 cm³/mol. The second-order valence-corrected chi connectivity index (χ2v) is 7.83. The van der Waals surface area contributed by atoms with Gasteiger partial charge in [-0.25, -0.2) is 5.06 Å². The SMILES string of the molecule is CC1(C)C[C@@]2(C[C@H](c3cccc([N+](=O)[O-])c3)N(c3ccccc3)O2)C(=O)N1. The first-order chi connectivity index (χ1) is 12.8. The van der Waals surface area contributed by atoms with Crippen molar-refractivity contribution in [3.63, 3.8) is 0 Å². The number of anilines is 1. The van der Waals surface area contributed by atoms with Crippen LogP contribution in [-0.4, -0.2) is 22.0 Å². The molecule has 1 N–H and O–H groups in total. The number of nitrogens with one attached hydrogen (secondary N) is 1. The third-order valence-corrected chi connectivity index (χ3v) is 5.15. The van der Waals surface area contributed by atoms with Crippen LogP contribution < -0.4 is 10.4 Å². The maximum atomic E-state index is 12.8. The minimum Gasteiger partial charge on any atom is -0.348 e. The molecule has 4 rings (SSSR count). The summed E-state index contributed by atoms with van der Waals surface area (Å²) in [4.78, 5) is 29.8. The molecular weight excluding hydrogens is 346 g/mol. The van der Waals surface area contributed by atoms with E-state index in [1.54, 1.807) is 17.2 Å². The highest BCUT2D eigenvalue weighted by atomic mass is 16.7. The quantitative estimate of drug-likeness (QED) is 0.663. The highest BCUT2D eigenvalue weighted by molar-refractivity contribution is 5.89. The van der Waals surface area contributed by atoms with Crippen molar-refractivity contribution in [1.82, 2.24) is 5.32 Å². The van der Waals surface area contributed by atoms with Gasteiger partial charge in [-0.2, -0.15) is 0 Å². The Balaban J connectivity index is 1.77. The van der Waals surface area contributed by atoms with E-state index in [-0.39, 0.29) is 23.2 Å². The van der Waals surface area contributed by atoms with Gasteiger partial charge in [0.1, 0.15) is 0 Å². The van der Waals surface area contributed by atoms with Crippen molar-refractivity contribution >= 4 is 17.3 Å². The maximum Gasteiger partial charge on any atom is 0.269 e. The fourth-order valence-electron chi connectivity index (χ4n) is 4.09. The van der Waals surface area contributed by atoms with Crippen molar-refractivity contribution < 1.29 is 14.6 Å². The lowest BCUT2D eigenvalue weighted by Crippen LogP contribution is -2.39. The molecule has 1 amide bonds. The van der Waals surface area contributed by atoms with Crippen molar-refractivity contribution in [2.75, 3.05) is 5.06 Å². The van der Waals surface area contributed by atoms with Crippen LogP contribution in [0, 0.1) is 10.1 Å². The van der Waals surface area contributed by atoms with E-state index < -0.39 is 10.5 Å². The Morgan fingerprint density at radius 3 is 2.56 bits per heavy atom. The average Bonchev–Trinajstić information content (AvgIpc) is 3.12. The van der Waals surface area contributed by atoms with Crippen LogP contribution in [0.15, 0.2) is 54.6 Å². The fraction of sp³-hybridized carbons (Fsp3) is 0.350. The van der Waals surface area contributed by atoms with Gasteiger partial charge in [0, 0.05) is 30.5 Å². The molecular formula is C20H21N3O4. The lowest BCUT2D eigenvalue weighted by molar-refractivity contribution is -0.384. The number of rotatable bonds is 3. The third kappa shape index (κ3) is 3.04. The number of benzene rings is 2. The number of non-ortho nitro benzene ring substituents is 1. The van der Waals surface area contributed by atoms with E-state index >= 15 is 0 Å². The van der Waals surface area contributed by atoms with Gasteiger partial charge < -0.3 is 5.32 Å². The topological polar surface area (TPSA) is 84.7 Å². The van der Waals surface area contributed by atoms with Gasteiger partial charge in [-0.1, -0.05) is 30.3 Å². The first-order valence-electron chi connectivity index (χ1n) is 8.90. The van der Waals surface area contributed by atoms with Gasteiger partial charge in [-0.3, -0.25) is 19.7 Å². The molecule has 1 spiro atoms. The predicted octanol–water partition coefficient (Wildman–Crippen LogP) is 3.52. The molecule has 2 fully saturated rings. The number of amides is 1. The minimum absolute atomic E-state index is 0.0256. The summed E-state index contributed by atoms with van der Waals surface area (Å²) in [5.41, 5.74) is 0.245. The highest BCUT2D eigenvalue weighted by Gasteiger charge is 2.59. The van der Waals surface area contributed by atoms with Gasteiger partial charge in [0.15, 0.2) is 5.60 Å². The molecule has 2 heterocycles. The molecule has 2 aliphatic rings. The zero-order valence-corrected chi connectivity index (χ0v) is 15.2. The van der Waals surface area contributed by atoms with Gasteiger partial charge in [-0.05, 0) is 31.5 Å². The summed E-state index contributed by atoms with van der Waals surface area (Å²) in [5.74, 6) is -0.138. The standard InChI is InChI=1S/C20H21N3O4/c1-19(2)13-20(18(24)21-19)12-17(14-7-6-10-16(11-14)23(25)26)22(27-20)15-8-4-3-5-9-15/h3-11,17H,12-13H2,1-2H3,(H,21,24)/t17-,20+/m1/s1. The van der Waals surface area contributed by atoms with Crippen LogP contribution in [0.2, 0.25) is 0 Å². The van der Waals surface area contributed by atoms with E-state index in [2.05, 4.69) is 5.32 Å². The molecule has 0 bridgehead atoms. The first kappa shape index (κ1) is 17.5. The Labute approximate surface area is 157 Å². The summed E-state index contributed by atoms with van der Waals surface area (Å²) in [5, 5.41) is 15.9. The van der Waals surface area contributed by atoms with E-state index in [1.165, 1.54) is 6.07 Å². The highest BCUT2D eigenvalue weighted by Crippen LogP contribution is 2.49. The average molecular weight is 367 g/mol. The van der Waals surface area contributed by atoms with E-state index in [9.17, 15) is 14.9 Å². The molecule has 7 nitrogen and oxygen atoms in total. The van der Waals surface area contributed by atoms with Gasteiger partial charge in [0.25, 0.3) is 11.6 Å². The number of carbonyl (C=O) groups is 1. The van der Waals surface area contributed by atoms with Crippen molar-refractivity contribution in [2.24, 2.45) is 0 Å². The number of carbonyl (C=O) groups excluding carboxylic acids is 1. The summed E-state index contributed by atoms with van der Waals surface area (Å²) >= 11 is 0. The second-order valence-electron chi connectivity index (χ2n) is 7.83. The van der Waals surface area contributed by atoms with Crippen LogP contribution in [0.1, 0.15) is 38.3 Å². The van der Waals surface area contributed by atoms with Crippen LogP contribution in [0.25, 0.3) is 0 Å². The molecule has 0 unspecified atom stereocenters. The first-order valence-corrected chi connectivity index (χ1v) is 8.90. The van der Waals surface area contributed by atoms with Crippen molar-refractivity contribution in [2.45, 2.75) is 43.9 Å². The largest absolute Gasteiger partial charge is 0.348 e. The number of hydroxylamine groups is 1. The number of nitro benzene ring substituents is 1. The zero-order chi connectivity index (χ0) is 19.2. The van der Waals surface area contributed by atoms with Crippen LogP contribution in [0.3, 0.4) is 0 Å². The summed E-state index contributed by atoms with van der Waals surface area (Å²) in [6, 6.07) is 15.7. The Morgan fingerprint density at radius 1 is 1.19 bits per heavy atom. The van der Waals surface area contributed by atoms with Gasteiger partial charge in [0.2, 0.25) is 0 Å². The maximum absolute atomic E-state index is 12.8. The molecule has 0 radical (unpaired) electrons. The van der Waals surface area contributed by atoms with Crippen LogP contribution in [0.4, 0.5) is 11.4 Å². The number of hydrogen-bond acceptors (Lipinski definition) is 5. The lowest BCUT2D eigenvalue weighted by Gasteiger charge is -2.26. The summed E-state index contributed by atoms with van der Waals surface area (Å²) in [7, 11) is 0. The smallest absolute Gasteiger partial charge is 0.269 e. The van der Waals surface area contributed by atoms with Crippen LogP contribution >= 0.6 is 0 Å². The molecule has 2 aromatic rings. The molecule has 7 heteroatoms. The zero-order valence-electron chi connectivity index (χ0n) is 15.2.